The maximum absolute atomic E-state index is 12.1. The maximum Gasteiger partial charge on any atom is 0.330 e. The summed E-state index contributed by atoms with van der Waals surface area (Å²) in [7, 11) is 1.41. The van der Waals surface area contributed by atoms with Crippen molar-refractivity contribution in [3.8, 4) is 11.5 Å². The van der Waals surface area contributed by atoms with E-state index in [1.165, 1.54) is 13.2 Å². The number of esters is 1. The van der Waals surface area contributed by atoms with Crippen molar-refractivity contribution in [2.75, 3.05) is 13.7 Å². The highest BCUT2D eigenvalue weighted by atomic mass is 16.6. The van der Waals surface area contributed by atoms with Gasteiger partial charge in [-0.3, -0.25) is 14.4 Å². The number of carboxylic acid groups (broad SMARTS) is 1. The SMILES string of the molecule is COc1cc(CNC(=O)CCCC/C=C/C(C)C)ccc1OC(=O)CNC(=O)C(N)CC(=O)O. The fourth-order valence-electron chi connectivity index (χ4n) is 2.84. The number of carboxylic acids is 1. The van der Waals surface area contributed by atoms with E-state index < -0.39 is 36.9 Å². The van der Waals surface area contributed by atoms with Crippen molar-refractivity contribution in [3.05, 3.63) is 35.9 Å². The molecule has 0 radical (unpaired) electrons. The average Bonchev–Trinajstić information content (AvgIpc) is 2.78. The second-order valence-electron chi connectivity index (χ2n) is 8.08. The summed E-state index contributed by atoms with van der Waals surface area (Å²) in [5, 5.41) is 13.7. The van der Waals surface area contributed by atoms with Gasteiger partial charge in [0, 0.05) is 13.0 Å². The lowest BCUT2D eigenvalue weighted by Crippen LogP contribution is -2.44. The molecule has 1 aromatic carbocycles. The second kappa shape index (κ2) is 15.4. The lowest BCUT2D eigenvalue weighted by atomic mass is 10.1. The van der Waals surface area contributed by atoms with Crippen LogP contribution >= 0.6 is 0 Å². The van der Waals surface area contributed by atoms with E-state index in [0.717, 1.165) is 24.8 Å². The standard InChI is InChI=1S/C24H35N3O7/c1-16(2)8-6-4-5-7-9-21(28)26-14-17-10-11-19(20(12-17)33-3)34-23(31)15-27-24(32)18(25)13-22(29)30/h6,8,10-12,16,18H,4-5,7,9,13-15,25H2,1-3H3,(H,26,28)(H,27,32)(H,29,30)/b8-6+. The van der Waals surface area contributed by atoms with Gasteiger partial charge in [-0.05, 0) is 42.9 Å². The van der Waals surface area contributed by atoms with E-state index >= 15 is 0 Å². The molecule has 1 aromatic rings. The van der Waals surface area contributed by atoms with Crippen molar-refractivity contribution >= 4 is 23.8 Å². The number of nitrogens with one attached hydrogen (secondary N) is 2. The van der Waals surface area contributed by atoms with Gasteiger partial charge in [-0.15, -0.1) is 0 Å². The van der Waals surface area contributed by atoms with Crippen LogP contribution in [0.3, 0.4) is 0 Å². The van der Waals surface area contributed by atoms with Crippen molar-refractivity contribution in [1.82, 2.24) is 10.6 Å². The molecule has 2 amide bonds. The Kier molecular flexibility index (Phi) is 13.0. The Morgan fingerprint density at radius 2 is 1.85 bits per heavy atom. The third-order valence-electron chi connectivity index (χ3n) is 4.63. The molecule has 0 bridgehead atoms. The van der Waals surface area contributed by atoms with Crippen LogP contribution in [0.1, 0.15) is 51.5 Å². The molecule has 34 heavy (non-hydrogen) atoms. The Morgan fingerprint density at radius 3 is 2.50 bits per heavy atom. The molecule has 0 fully saturated rings. The number of nitrogens with two attached hydrogens (primary N) is 1. The van der Waals surface area contributed by atoms with Gasteiger partial charge in [0.15, 0.2) is 11.5 Å². The summed E-state index contributed by atoms with van der Waals surface area (Å²) in [6, 6.07) is 3.58. The molecule has 188 valence electrons. The Morgan fingerprint density at radius 1 is 1.12 bits per heavy atom. The minimum atomic E-state index is -1.27. The number of rotatable bonds is 15. The molecule has 0 spiro atoms. The molecule has 0 aliphatic rings. The van der Waals surface area contributed by atoms with Crippen LogP contribution in [0, 0.1) is 5.92 Å². The smallest absolute Gasteiger partial charge is 0.330 e. The fraction of sp³-hybridized carbons (Fsp3) is 0.500. The summed E-state index contributed by atoms with van der Waals surface area (Å²) in [6.45, 7) is 4.06. The molecular weight excluding hydrogens is 442 g/mol. The first-order chi connectivity index (χ1) is 16.1. The van der Waals surface area contributed by atoms with Crippen molar-refractivity contribution < 1.29 is 33.8 Å². The van der Waals surface area contributed by atoms with E-state index in [4.69, 9.17) is 20.3 Å². The van der Waals surface area contributed by atoms with Crippen LogP contribution < -0.4 is 25.8 Å². The molecule has 1 rings (SSSR count). The first kappa shape index (κ1) is 28.6. The molecule has 0 aromatic heterocycles. The monoisotopic (exact) mass is 477 g/mol. The van der Waals surface area contributed by atoms with Crippen molar-refractivity contribution in [2.24, 2.45) is 11.7 Å². The minimum absolute atomic E-state index is 0.0424. The van der Waals surface area contributed by atoms with Crippen LogP contribution in [0.15, 0.2) is 30.4 Å². The normalized spacial score (nSPS) is 11.8. The van der Waals surface area contributed by atoms with Gasteiger partial charge >= 0.3 is 11.9 Å². The van der Waals surface area contributed by atoms with Crippen LogP contribution in [0.2, 0.25) is 0 Å². The van der Waals surface area contributed by atoms with Crippen LogP contribution in [0.25, 0.3) is 0 Å². The predicted molar refractivity (Wildman–Crippen MR) is 126 cm³/mol. The first-order valence-corrected chi connectivity index (χ1v) is 11.2. The van der Waals surface area contributed by atoms with Gasteiger partial charge in [-0.25, -0.2) is 4.79 Å². The number of carbonyl (C=O) groups excluding carboxylic acids is 3. The van der Waals surface area contributed by atoms with Crippen LogP contribution in [-0.4, -0.2) is 48.6 Å². The number of unbranched alkanes of at least 4 members (excludes halogenated alkanes) is 2. The number of hydrogen-bond acceptors (Lipinski definition) is 7. The summed E-state index contributed by atoms with van der Waals surface area (Å²) in [6.07, 6.45) is 6.92. The van der Waals surface area contributed by atoms with Gasteiger partial charge in [-0.1, -0.05) is 32.1 Å². The average molecular weight is 478 g/mol. The summed E-state index contributed by atoms with van der Waals surface area (Å²) in [5.41, 5.74) is 6.19. The number of ether oxygens (including phenoxy) is 2. The van der Waals surface area contributed by atoms with E-state index in [1.807, 2.05) is 0 Å². The lowest BCUT2D eigenvalue weighted by molar-refractivity contribution is -0.139. The summed E-state index contributed by atoms with van der Waals surface area (Å²) in [5.74, 6) is -1.86. The van der Waals surface area contributed by atoms with Crippen LogP contribution in [-0.2, 0) is 25.7 Å². The number of methoxy groups -OCH3 is 1. The summed E-state index contributed by atoms with van der Waals surface area (Å²) >= 11 is 0. The third kappa shape index (κ3) is 12.0. The second-order valence-corrected chi connectivity index (χ2v) is 8.08. The van der Waals surface area contributed by atoms with Crippen molar-refractivity contribution in [1.29, 1.82) is 0 Å². The Labute approximate surface area is 199 Å². The Balaban J connectivity index is 2.47. The first-order valence-electron chi connectivity index (χ1n) is 11.2. The molecule has 0 aliphatic heterocycles. The fourth-order valence-corrected chi connectivity index (χ4v) is 2.84. The molecule has 0 saturated carbocycles. The van der Waals surface area contributed by atoms with E-state index in [1.54, 1.807) is 12.1 Å². The van der Waals surface area contributed by atoms with Gasteiger partial charge < -0.3 is 30.9 Å². The number of allylic oxidation sites excluding steroid dienone is 2. The Hall–Kier alpha value is -3.40. The lowest BCUT2D eigenvalue weighted by Gasteiger charge is -2.13. The highest BCUT2D eigenvalue weighted by molar-refractivity contribution is 5.88. The molecule has 1 atom stereocenters. The van der Waals surface area contributed by atoms with E-state index in [9.17, 15) is 19.2 Å². The quantitative estimate of drug-likeness (QED) is 0.129. The van der Waals surface area contributed by atoms with Gasteiger partial charge in [0.25, 0.3) is 0 Å². The van der Waals surface area contributed by atoms with Gasteiger partial charge in [0.2, 0.25) is 11.8 Å². The maximum atomic E-state index is 12.1. The number of aliphatic carboxylic acids is 1. The number of hydrogen-bond donors (Lipinski definition) is 4. The highest BCUT2D eigenvalue weighted by Crippen LogP contribution is 2.28. The summed E-state index contributed by atoms with van der Waals surface area (Å²) in [4.78, 5) is 46.4. The zero-order valence-electron chi connectivity index (χ0n) is 20.0. The molecule has 5 N–H and O–H groups in total. The largest absolute Gasteiger partial charge is 0.493 e. The van der Waals surface area contributed by atoms with Gasteiger partial charge in [-0.2, -0.15) is 0 Å². The zero-order valence-corrected chi connectivity index (χ0v) is 20.0. The molecule has 0 saturated heterocycles. The number of benzene rings is 1. The van der Waals surface area contributed by atoms with Crippen LogP contribution in [0.5, 0.6) is 11.5 Å². The molecule has 10 nitrogen and oxygen atoms in total. The Bertz CT molecular complexity index is 868. The summed E-state index contributed by atoms with van der Waals surface area (Å²) < 4.78 is 10.5. The van der Waals surface area contributed by atoms with E-state index in [2.05, 4.69) is 36.6 Å². The topological polar surface area (TPSA) is 157 Å². The molecule has 10 heteroatoms. The zero-order chi connectivity index (χ0) is 25.5. The molecular formula is C24H35N3O7. The molecule has 0 aliphatic carbocycles. The molecule has 1 unspecified atom stereocenters. The molecule has 0 heterocycles. The third-order valence-corrected chi connectivity index (χ3v) is 4.63. The van der Waals surface area contributed by atoms with Crippen molar-refractivity contribution in [2.45, 2.75) is 58.5 Å². The van der Waals surface area contributed by atoms with Gasteiger partial charge in [0.05, 0.1) is 19.6 Å². The number of amides is 2. The van der Waals surface area contributed by atoms with Crippen LogP contribution in [0.4, 0.5) is 0 Å². The predicted octanol–water partition coefficient (Wildman–Crippen LogP) is 1.91. The minimum Gasteiger partial charge on any atom is -0.493 e. The van der Waals surface area contributed by atoms with Crippen molar-refractivity contribution in [3.63, 3.8) is 0 Å². The highest BCUT2D eigenvalue weighted by Gasteiger charge is 2.18. The number of carbonyl (C=O) groups is 4. The van der Waals surface area contributed by atoms with E-state index in [-0.39, 0.29) is 17.4 Å². The van der Waals surface area contributed by atoms with E-state index in [0.29, 0.717) is 18.9 Å². The van der Waals surface area contributed by atoms with Gasteiger partial charge in [0.1, 0.15) is 6.54 Å².